The third kappa shape index (κ3) is 2.02. The number of ether oxygens (including phenoxy) is 1. The van der Waals surface area contributed by atoms with E-state index in [1.165, 1.54) is 0 Å². The zero-order chi connectivity index (χ0) is 9.84. The second kappa shape index (κ2) is 3.99. The molecule has 2 heteroatoms. The van der Waals surface area contributed by atoms with Gasteiger partial charge in [-0.1, -0.05) is 6.58 Å². The molecule has 13 heavy (non-hydrogen) atoms. The van der Waals surface area contributed by atoms with Crippen molar-refractivity contribution >= 4 is 11.3 Å². The zero-order valence-corrected chi connectivity index (χ0v) is 8.35. The van der Waals surface area contributed by atoms with Crippen LogP contribution in [-0.2, 0) is 0 Å². The summed E-state index contributed by atoms with van der Waals surface area (Å²) in [4.78, 5) is 0. The monoisotopic (exact) mass is 177 g/mol. The summed E-state index contributed by atoms with van der Waals surface area (Å²) in [5.74, 6) is 0.861. The van der Waals surface area contributed by atoms with Crippen LogP contribution in [0.25, 0.3) is 5.57 Å². The molecule has 0 spiro atoms. The van der Waals surface area contributed by atoms with E-state index in [0.29, 0.717) is 0 Å². The Hall–Kier alpha value is -1.44. The van der Waals surface area contributed by atoms with Crippen LogP contribution in [0.15, 0.2) is 24.8 Å². The van der Waals surface area contributed by atoms with E-state index < -0.39 is 0 Å². The minimum Gasteiger partial charge on any atom is -0.496 e. The van der Waals surface area contributed by atoms with Gasteiger partial charge in [0.05, 0.1) is 7.11 Å². The Morgan fingerprint density at radius 1 is 1.46 bits per heavy atom. The van der Waals surface area contributed by atoms with E-state index in [4.69, 9.17) is 4.74 Å². The maximum absolute atomic E-state index is 5.25. The van der Waals surface area contributed by atoms with Crippen molar-refractivity contribution in [3.05, 3.63) is 30.3 Å². The van der Waals surface area contributed by atoms with Gasteiger partial charge in [-0.3, -0.25) is 0 Å². The third-order valence-electron chi connectivity index (χ3n) is 1.95. The molecule has 0 heterocycles. The van der Waals surface area contributed by atoms with E-state index in [0.717, 1.165) is 22.6 Å². The Morgan fingerprint density at radius 3 is 2.62 bits per heavy atom. The fraction of sp³-hybridized carbons (Fsp3) is 0.273. The zero-order valence-electron chi connectivity index (χ0n) is 8.35. The highest BCUT2D eigenvalue weighted by Crippen LogP contribution is 2.27. The van der Waals surface area contributed by atoms with Crippen molar-refractivity contribution in [2.75, 3.05) is 19.5 Å². The number of methoxy groups -OCH3 is 1. The first-order valence-corrected chi connectivity index (χ1v) is 4.20. The van der Waals surface area contributed by atoms with Gasteiger partial charge in [0.1, 0.15) is 5.75 Å². The van der Waals surface area contributed by atoms with Crippen molar-refractivity contribution < 1.29 is 4.74 Å². The first-order valence-electron chi connectivity index (χ1n) is 4.20. The molecule has 0 aliphatic heterocycles. The van der Waals surface area contributed by atoms with E-state index in [2.05, 4.69) is 11.9 Å². The minimum atomic E-state index is 0.861. The summed E-state index contributed by atoms with van der Waals surface area (Å²) in [5, 5.41) is 3.06. The minimum absolute atomic E-state index is 0.861. The lowest BCUT2D eigenvalue weighted by molar-refractivity contribution is 0.413. The molecule has 1 rings (SSSR count). The van der Waals surface area contributed by atoms with Crippen LogP contribution in [0, 0.1) is 0 Å². The molecule has 1 aromatic rings. The van der Waals surface area contributed by atoms with Gasteiger partial charge < -0.3 is 10.1 Å². The average Bonchev–Trinajstić information content (AvgIpc) is 2.16. The largest absolute Gasteiger partial charge is 0.496 e. The topological polar surface area (TPSA) is 21.3 Å². The van der Waals surface area contributed by atoms with Gasteiger partial charge in [-0.2, -0.15) is 0 Å². The average molecular weight is 177 g/mol. The predicted octanol–water partition coefficient (Wildman–Crippen LogP) is 2.77. The summed E-state index contributed by atoms with van der Waals surface area (Å²) >= 11 is 0. The highest BCUT2D eigenvalue weighted by molar-refractivity contribution is 5.70. The molecule has 0 saturated heterocycles. The molecule has 0 aromatic heterocycles. The summed E-state index contributed by atoms with van der Waals surface area (Å²) in [6.07, 6.45) is 0. The normalized spacial score (nSPS) is 9.46. The lowest BCUT2D eigenvalue weighted by Crippen LogP contribution is -1.93. The van der Waals surface area contributed by atoms with E-state index in [9.17, 15) is 0 Å². The predicted molar refractivity (Wildman–Crippen MR) is 57.2 cm³/mol. The number of anilines is 1. The molecule has 0 unspecified atom stereocenters. The Kier molecular flexibility index (Phi) is 2.96. The first-order chi connectivity index (χ1) is 6.19. The van der Waals surface area contributed by atoms with Crippen molar-refractivity contribution in [3.63, 3.8) is 0 Å². The standard InChI is InChI=1S/C11H15NO/c1-8(2)10-6-5-9(12-3)7-11(10)13-4/h5-7,12H,1H2,2-4H3. The van der Waals surface area contributed by atoms with Crippen LogP contribution < -0.4 is 10.1 Å². The highest BCUT2D eigenvalue weighted by Gasteiger charge is 2.03. The van der Waals surface area contributed by atoms with Gasteiger partial charge in [0, 0.05) is 24.4 Å². The molecular weight excluding hydrogens is 162 g/mol. The number of nitrogens with one attached hydrogen (secondary N) is 1. The molecule has 70 valence electrons. The van der Waals surface area contributed by atoms with Crippen LogP contribution in [0.4, 0.5) is 5.69 Å². The summed E-state index contributed by atoms with van der Waals surface area (Å²) in [6, 6.07) is 5.98. The molecule has 0 aliphatic carbocycles. The second-order valence-corrected chi connectivity index (χ2v) is 2.95. The molecule has 0 fully saturated rings. The van der Waals surface area contributed by atoms with Crippen LogP contribution >= 0.6 is 0 Å². The van der Waals surface area contributed by atoms with Crippen LogP contribution in [0.3, 0.4) is 0 Å². The van der Waals surface area contributed by atoms with Crippen molar-refractivity contribution in [2.24, 2.45) is 0 Å². The quantitative estimate of drug-likeness (QED) is 0.766. The maximum atomic E-state index is 5.25. The Labute approximate surface area is 79.2 Å². The third-order valence-corrected chi connectivity index (χ3v) is 1.95. The number of hydrogen-bond acceptors (Lipinski definition) is 2. The number of benzene rings is 1. The van der Waals surface area contributed by atoms with Crippen molar-refractivity contribution in [2.45, 2.75) is 6.92 Å². The Morgan fingerprint density at radius 2 is 2.15 bits per heavy atom. The van der Waals surface area contributed by atoms with Crippen molar-refractivity contribution in [1.82, 2.24) is 0 Å². The number of rotatable bonds is 3. The van der Waals surface area contributed by atoms with Crippen molar-refractivity contribution in [1.29, 1.82) is 0 Å². The molecule has 1 N–H and O–H groups in total. The highest BCUT2D eigenvalue weighted by atomic mass is 16.5. The smallest absolute Gasteiger partial charge is 0.128 e. The molecular formula is C11H15NO. The van der Waals surface area contributed by atoms with Gasteiger partial charge in [0.2, 0.25) is 0 Å². The van der Waals surface area contributed by atoms with E-state index in [1.54, 1.807) is 7.11 Å². The lowest BCUT2D eigenvalue weighted by atomic mass is 10.1. The van der Waals surface area contributed by atoms with Crippen LogP contribution in [0.2, 0.25) is 0 Å². The van der Waals surface area contributed by atoms with E-state index in [-0.39, 0.29) is 0 Å². The molecule has 0 atom stereocenters. The molecule has 0 amide bonds. The molecule has 0 bridgehead atoms. The second-order valence-electron chi connectivity index (χ2n) is 2.95. The van der Waals surface area contributed by atoms with Crippen LogP contribution in [0.1, 0.15) is 12.5 Å². The Balaban J connectivity index is 3.15. The summed E-state index contributed by atoms with van der Waals surface area (Å²) in [7, 11) is 3.55. The Bertz CT molecular complexity index is 318. The molecule has 0 saturated carbocycles. The fourth-order valence-corrected chi connectivity index (χ4v) is 1.20. The van der Waals surface area contributed by atoms with Gasteiger partial charge in [-0.15, -0.1) is 0 Å². The van der Waals surface area contributed by atoms with Crippen LogP contribution in [-0.4, -0.2) is 14.2 Å². The van der Waals surface area contributed by atoms with Gasteiger partial charge in [0.15, 0.2) is 0 Å². The molecule has 2 nitrogen and oxygen atoms in total. The molecule has 0 aliphatic rings. The number of hydrogen-bond donors (Lipinski definition) is 1. The van der Waals surface area contributed by atoms with E-state index in [1.807, 2.05) is 32.2 Å². The molecule has 0 radical (unpaired) electrons. The van der Waals surface area contributed by atoms with Gasteiger partial charge in [-0.25, -0.2) is 0 Å². The summed E-state index contributed by atoms with van der Waals surface area (Å²) in [5.41, 5.74) is 3.11. The van der Waals surface area contributed by atoms with Crippen LogP contribution in [0.5, 0.6) is 5.75 Å². The van der Waals surface area contributed by atoms with Gasteiger partial charge in [0.25, 0.3) is 0 Å². The lowest BCUT2D eigenvalue weighted by Gasteiger charge is -2.09. The summed E-state index contributed by atoms with van der Waals surface area (Å²) in [6.45, 7) is 5.86. The van der Waals surface area contributed by atoms with Gasteiger partial charge in [-0.05, 0) is 24.6 Å². The SMILES string of the molecule is C=C(C)c1ccc(NC)cc1OC. The maximum Gasteiger partial charge on any atom is 0.128 e. The summed E-state index contributed by atoms with van der Waals surface area (Å²) < 4.78 is 5.25. The first kappa shape index (κ1) is 9.65. The van der Waals surface area contributed by atoms with E-state index >= 15 is 0 Å². The molecule has 1 aromatic carbocycles. The van der Waals surface area contributed by atoms with Gasteiger partial charge >= 0.3 is 0 Å². The fourth-order valence-electron chi connectivity index (χ4n) is 1.20. The van der Waals surface area contributed by atoms with Crippen molar-refractivity contribution in [3.8, 4) is 5.75 Å². The number of allylic oxidation sites excluding steroid dienone is 1.